The second-order valence-corrected chi connectivity index (χ2v) is 7.99. The molecular weight excluding hydrogens is 361 g/mol. The molecule has 1 saturated heterocycles. The fourth-order valence-corrected chi connectivity index (χ4v) is 4.47. The second-order valence-electron chi connectivity index (χ2n) is 6.06. The Labute approximate surface area is 149 Å². The number of benzene rings is 1. The Bertz CT molecular complexity index is 975. The number of furan rings is 1. The number of piperidine rings is 1. The standard InChI is InChI=1S/C17H16FN3O4S/c18-13-3-5-14(6-4-13)26(22,23)21-9-7-12(8-10-21)16-19-20-17(25-16)15-2-1-11-24-15/h1-6,11-12H,7-10H2. The Kier molecular flexibility index (Phi) is 4.33. The van der Waals surface area contributed by atoms with Crippen LogP contribution in [0.1, 0.15) is 24.7 Å². The van der Waals surface area contributed by atoms with E-state index >= 15 is 0 Å². The minimum atomic E-state index is -3.63. The first-order chi connectivity index (χ1) is 12.5. The van der Waals surface area contributed by atoms with Crippen molar-refractivity contribution in [2.75, 3.05) is 13.1 Å². The van der Waals surface area contributed by atoms with E-state index in [0.29, 0.717) is 43.5 Å². The molecule has 0 spiro atoms. The third-order valence-electron chi connectivity index (χ3n) is 4.43. The van der Waals surface area contributed by atoms with Crippen LogP contribution in [-0.4, -0.2) is 36.0 Å². The topological polar surface area (TPSA) is 89.4 Å². The Morgan fingerprint density at radius 1 is 1.08 bits per heavy atom. The lowest BCUT2D eigenvalue weighted by atomic mass is 9.98. The highest BCUT2D eigenvalue weighted by atomic mass is 32.2. The van der Waals surface area contributed by atoms with E-state index < -0.39 is 15.8 Å². The number of hydrogen-bond donors (Lipinski definition) is 0. The number of nitrogens with zero attached hydrogens (tertiary/aromatic N) is 3. The van der Waals surface area contributed by atoms with Crippen LogP contribution >= 0.6 is 0 Å². The molecule has 7 nitrogen and oxygen atoms in total. The van der Waals surface area contributed by atoms with Crippen LogP contribution in [0.3, 0.4) is 0 Å². The molecule has 1 aliphatic rings. The van der Waals surface area contributed by atoms with Gasteiger partial charge >= 0.3 is 0 Å². The Hall–Kier alpha value is -2.52. The summed E-state index contributed by atoms with van der Waals surface area (Å²) in [5.74, 6) is 0.818. The van der Waals surface area contributed by atoms with Gasteiger partial charge in [-0.15, -0.1) is 10.2 Å². The summed E-state index contributed by atoms with van der Waals surface area (Å²) in [6.07, 6.45) is 2.67. The maximum absolute atomic E-state index is 13.0. The molecule has 2 aromatic heterocycles. The summed E-state index contributed by atoms with van der Waals surface area (Å²) in [5.41, 5.74) is 0. The van der Waals surface area contributed by atoms with Gasteiger partial charge in [0.1, 0.15) is 5.82 Å². The van der Waals surface area contributed by atoms with E-state index in [2.05, 4.69) is 10.2 Å². The molecule has 0 aliphatic carbocycles. The van der Waals surface area contributed by atoms with E-state index in [9.17, 15) is 12.8 Å². The van der Waals surface area contributed by atoms with Crippen molar-refractivity contribution in [2.45, 2.75) is 23.7 Å². The zero-order valence-corrected chi connectivity index (χ0v) is 14.5. The average molecular weight is 377 g/mol. The van der Waals surface area contributed by atoms with Crippen molar-refractivity contribution < 1.29 is 21.6 Å². The van der Waals surface area contributed by atoms with Crippen LogP contribution in [0, 0.1) is 5.82 Å². The predicted molar refractivity (Wildman–Crippen MR) is 89.1 cm³/mol. The van der Waals surface area contributed by atoms with Crippen LogP contribution in [0.25, 0.3) is 11.7 Å². The summed E-state index contributed by atoms with van der Waals surface area (Å²) >= 11 is 0. The van der Waals surface area contributed by atoms with Gasteiger partial charge in [0.05, 0.1) is 11.2 Å². The van der Waals surface area contributed by atoms with Crippen molar-refractivity contribution in [3.05, 3.63) is 54.4 Å². The SMILES string of the molecule is O=S(=O)(c1ccc(F)cc1)N1CCC(c2nnc(-c3ccco3)o2)CC1. The van der Waals surface area contributed by atoms with E-state index in [0.717, 1.165) is 12.1 Å². The molecule has 0 saturated carbocycles. The van der Waals surface area contributed by atoms with Crippen molar-refractivity contribution in [3.8, 4) is 11.7 Å². The molecule has 0 unspecified atom stereocenters. The zero-order valence-electron chi connectivity index (χ0n) is 13.7. The molecule has 4 rings (SSSR count). The Balaban J connectivity index is 1.45. The summed E-state index contributed by atoms with van der Waals surface area (Å²) in [6.45, 7) is 0.672. The molecule has 0 bridgehead atoms. The molecule has 1 aromatic carbocycles. The quantitative estimate of drug-likeness (QED) is 0.694. The lowest BCUT2D eigenvalue weighted by Crippen LogP contribution is -2.37. The van der Waals surface area contributed by atoms with Gasteiger partial charge in [-0.05, 0) is 49.2 Å². The monoisotopic (exact) mass is 377 g/mol. The van der Waals surface area contributed by atoms with E-state index in [1.54, 1.807) is 12.1 Å². The summed E-state index contributed by atoms with van der Waals surface area (Å²) < 4.78 is 50.6. The minimum absolute atomic E-state index is 0.00844. The number of sulfonamides is 1. The fraction of sp³-hybridized carbons (Fsp3) is 0.294. The minimum Gasteiger partial charge on any atom is -0.459 e. The smallest absolute Gasteiger partial charge is 0.283 e. The van der Waals surface area contributed by atoms with Gasteiger partial charge in [0, 0.05) is 19.0 Å². The third-order valence-corrected chi connectivity index (χ3v) is 6.34. The molecule has 0 amide bonds. The summed E-state index contributed by atoms with van der Waals surface area (Å²) in [4.78, 5) is 0.0928. The van der Waals surface area contributed by atoms with Gasteiger partial charge in [-0.1, -0.05) is 0 Å². The molecule has 1 aliphatic heterocycles. The highest BCUT2D eigenvalue weighted by molar-refractivity contribution is 7.89. The van der Waals surface area contributed by atoms with Gasteiger partial charge in [0.15, 0.2) is 5.76 Å². The van der Waals surface area contributed by atoms with Gasteiger partial charge in [-0.3, -0.25) is 0 Å². The molecule has 26 heavy (non-hydrogen) atoms. The van der Waals surface area contributed by atoms with Crippen LogP contribution in [0.2, 0.25) is 0 Å². The first-order valence-electron chi connectivity index (χ1n) is 8.17. The van der Waals surface area contributed by atoms with E-state index in [1.807, 2.05) is 0 Å². The van der Waals surface area contributed by atoms with Crippen LogP contribution in [0.5, 0.6) is 0 Å². The molecule has 0 atom stereocenters. The van der Waals surface area contributed by atoms with Crippen LogP contribution in [0.15, 0.2) is 56.4 Å². The predicted octanol–water partition coefficient (Wildman–Crippen LogP) is 3.04. The molecule has 0 N–H and O–H groups in total. The first kappa shape index (κ1) is 16.9. The summed E-state index contributed by atoms with van der Waals surface area (Å²) in [5, 5.41) is 8.04. The molecule has 3 heterocycles. The normalized spacial score (nSPS) is 16.8. The second kappa shape index (κ2) is 6.65. The van der Waals surface area contributed by atoms with Crippen molar-refractivity contribution in [3.63, 3.8) is 0 Å². The highest BCUT2D eigenvalue weighted by Gasteiger charge is 2.32. The maximum atomic E-state index is 13.0. The molecular formula is C17H16FN3O4S. The molecule has 1 fully saturated rings. The van der Waals surface area contributed by atoms with Crippen LogP contribution in [0.4, 0.5) is 4.39 Å². The maximum Gasteiger partial charge on any atom is 0.283 e. The van der Waals surface area contributed by atoms with E-state index in [-0.39, 0.29) is 10.8 Å². The fourth-order valence-electron chi connectivity index (χ4n) is 3.00. The van der Waals surface area contributed by atoms with Gasteiger partial charge in [-0.25, -0.2) is 12.8 Å². The number of rotatable bonds is 4. The van der Waals surface area contributed by atoms with Crippen LogP contribution in [-0.2, 0) is 10.0 Å². The lowest BCUT2D eigenvalue weighted by Gasteiger charge is -2.29. The van der Waals surface area contributed by atoms with Crippen molar-refractivity contribution in [1.82, 2.24) is 14.5 Å². The zero-order chi connectivity index (χ0) is 18.1. The lowest BCUT2D eigenvalue weighted by molar-refractivity contribution is 0.290. The van der Waals surface area contributed by atoms with Crippen molar-refractivity contribution >= 4 is 10.0 Å². The Morgan fingerprint density at radius 2 is 1.81 bits per heavy atom. The van der Waals surface area contributed by atoms with Gasteiger partial charge < -0.3 is 8.83 Å². The van der Waals surface area contributed by atoms with Crippen molar-refractivity contribution in [2.24, 2.45) is 0 Å². The Morgan fingerprint density at radius 3 is 2.46 bits per heavy atom. The largest absolute Gasteiger partial charge is 0.459 e. The first-order valence-corrected chi connectivity index (χ1v) is 9.61. The average Bonchev–Trinajstić information content (AvgIpc) is 3.34. The van der Waals surface area contributed by atoms with Crippen molar-refractivity contribution in [1.29, 1.82) is 0 Å². The van der Waals surface area contributed by atoms with Gasteiger partial charge in [0.25, 0.3) is 5.89 Å². The number of aromatic nitrogens is 2. The summed E-state index contributed by atoms with van der Waals surface area (Å²) in [6, 6.07) is 8.32. The highest BCUT2D eigenvalue weighted by Crippen LogP contribution is 2.31. The molecule has 0 radical (unpaired) electrons. The van der Waals surface area contributed by atoms with E-state index in [4.69, 9.17) is 8.83 Å². The number of halogens is 1. The molecule has 136 valence electrons. The van der Waals surface area contributed by atoms with E-state index in [1.165, 1.54) is 22.7 Å². The van der Waals surface area contributed by atoms with Gasteiger partial charge in [0.2, 0.25) is 15.9 Å². The van der Waals surface area contributed by atoms with Gasteiger partial charge in [-0.2, -0.15) is 4.31 Å². The number of hydrogen-bond acceptors (Lipinski definition) is 6. The third kappa shape index (κ3) is 3.15. The summed E-state index contributed by atoms with van der Waals surface area (Å²) in [7, 11) is -3.63. The molecule has 3 aromatic rings. The molecule has 9 heteroatoms. The van der Waals surface area contributed by atoms with Crippen LogP contribution < -0.4 is 0 Å².